The van der Waals surface area contributed by atoms with Crippen molar-refractivity contribution in [3.8, 4) is 0 Å². The van der Waals surface area contributed by atoms with Crippen LogP contribution < -0.4 is 5.32 Å². The highest BCUT2D eigenvalue weighted by Gasteiger charge is 2.37. The summed E-state index contributed by atoms with van der Waals surface area (Å²) in [4.78, 5) is 0.629. The molecule has 1 N–H and O–H groups in total. The number of hydrogen-bond donors (Lipinski definition) is 1. The Labute approximate surface area is 129 Å². The molecule has 1 aromatic carbocycles. The lowest BCUT2D eigenvalue weighted by Crippen LogP contribution is -2.31. The number of anilines is 1. The second-order valence-corrected chi connectivity index (χ2v) is 7.59. The van der Waals surface area contributed by atoms with Crippen molar-refractivity contribution in [2.45, 2.75) is 68.1 Å². The summed E-state index contributed by atoms with van der Waals surface area (Å²) in [5.41, 5.74) is 1.72. The zero-order valence-electron chi connectivity index (χ0n) is 12.3. The lowest BCUT2D eigenvalue weighted by molar-refractivity contribution is 0.188. The van der Waals surface area contributed by atoms with E-state index in [1.807, 2.05) is 12.1 Å². The minimum atomic E-state index is -2.34. The Morgan fingerprint density at radius 3 is 2.19 bits per heavy atom. The number of nitrogens with one attached hydrogen (secondary N) is 1. The molecule has 0 atom stereocenters. The molecule has 0 bridgehead atoms. The van der Waals surface area contributed by atoms with Crippen LogP contribution in [0.2, 0.25) is 0 Å². The van der Waals surface area contributed by atoms with Gasteiger partial charge in [0.05, 0.1) is 0 Å². The van der Waals surface area contributed by atoms with Gasteiger partial charge in [0, 0.05) is 16.6 Å². The summed E-state index contributed by atoms with van der Waals surface area (Å²) in [5, 5.41) is 3.57. The highest BCUT2D eigenvalue weighted by atomic mass is 32.2. The van der Waals surface area contributed by atoms with Crippen LogP contribution in [0.1, 0.15) is 51.4 Å². The van der Waals surface area contributed by atoms with Crippen molar-refractivity contribution >= 4 is 17.4 Å². The van der Waals surface area contributed by atoms with Gasteiger partial charge in [-0.15, -0.1) is 0 Å². The maximum atomic E-state index is 12.3. The minimum Gasteiger partial charge on any atom is -0.382 e. The molecule has 2 saturated carbocycles. The van der Waals surface area contributed by atoms with Crippen LogP contribution in [0.4, 0.5) is 14.5 Å². The normalized spacial score (nSPS) is 22.0. The minimum absolute atomic E-state index is 0.546. The van der Waals surface area contributed by atoms with Crippen molar-refractivity contribution in [3.05, 3.63) is 24.3 Å². The second-order valence-electron chi connectivity index (χ2n) is 6.53. The van der Waals surface area contributed by atoms with Crippen molar-refractivity contribution in [3.63, 3.8) is 0 Å². The molecule has 2 aliphatic rings. The van der Waals surface area contributed by atoms with E-state index in [-0.39, 0.29) is 0 Å². The van der Waals surface area contributed by atoms with Gasteiger partial charge >= 0.3 is 0 Å². The topological polar surface area (TPSA) is 12.0 Å². The van der Waals surface area contributed by atoms with E-state index >= 15 is 0 Å². The zero-order chi connectivity index (χ0) is 14.7. The van der Waals surface area contributed by atoms with Crippen molar-refractivity contribution in [2.75, 3.05) is 5.32 Å². The first-order valence-electron chi connectivity index (χ1n) is 7.97. The number of halogens is 2. The molecule has 0 heterocycles. The SMILES string of the molecule is FC(F)Sc1ccc(NC2CCC3(CCCC3)CC2)cc1. The first-order chi connectivity index (χ1) is 10.2. The fourth-order valence-electron chi connectivity index (χ4n) is 3.97. The third-order valence-corrected chi connectivity index (χ3v) is 5.88. The summed E-state index contributed by atoms with van der Waals surface area (Å²) in [6, 6.07) is 7.95. The molecule has 4 heteroatoms. The van der Waals surface area contributed by atoms with Gasteiger partial charge < -0.3 is 5.32 Å². The van der Waals surface area contributed by atoms with E-state index in [1.165, 1.54) is 51.4 Å². The molecular formula is C17H23F2NS. The van der Waals surface area contributed by atoms with Crippen LogP contribution >= 0.6 is 11.8 Å². The fraction of sp³-hybridized carbons (Fsp3) is 0.647. The van der Waals surface area contributed by atoms with Crippen LogP contribution in [0, 0.1) is 5.41 Å². The van der Waals surface area contributed by atoms with Crippen molar-refractivity contribution in [1.29, 1.82) is 0 Å². The molecule has 2 fully saturated rings. The number of thioether (sulfide) groups is 1. The summed E-state index contributed by atoms with van der Waals surface area (Å²) >= 11 is 0.605. The van der Waals surface area contributed by atoms with Crippen molar-refractivity contribution in [2.24, 2.45) is 5.41 Å². The molecule has 2 aliphatic carbocycles. The molecule has 1 spiro atoms. The molecule has 1 nitrogen and oxygen atoms in total. The number of hydrogen-bond acceptors (Lipinski definition) is 2. The van der Waals surface area contributed by atoms with Crippen LogP contribution in [-0.2, 0) is 0 Å². The zero-order valence-corrected chi connectivity index (χ0v) is 13.1. The standard InChI is InChI=1S/C17H23F2NS/c18-16(19)21-15-5-3-13(4-6-15)20-14-7-11-17(12-8-14)9-1-2-10-17/h3-6,14,16,20H,1-2,7-12H2. The monoisotopic (exact) mass is 311 g/mol. The molecule has 21 heavy (non-hydrogen) atoms. The summed E-state index contributed by atoms with van der Waals surface area (Å²) in [6.45, 7) is 0. The largest absolute Gasteiger partial charge is 0.382 e. The van der Waals surface area contributed by atoms with Crippen LogP contribution in [0.15, 0.2) is 29.2 Å². The van der Waals surface area contributed by atoms with E-state index in [1.54, 1.807) is 12.1 Å². The molecular weight excluding hydrogens is 288 g/mol. The Morgan fingerprint density at radius 2 is 1.62 bits per heavy atom. The molecule has 0 unspecified atom stereocenters. The van der Waals surface area contributed by atoms with Gasteiger partial charge in [-0.05, 0) is 68.2 Å². The Morgan fingerprint density at radius 1 is 1.00 bits per heavy atom. The van der Waals surface area contributed by atoms with Gasteiger partial charge in [-0.3, -0.25) is 0 Å². The average Bonchev–Trinajstić information content (AvgIpc) is 2.92. The number of benzene rings is 1. The smallest absolute Gasteiger partial charge is 0.288 e. The molecule has 0 aromatic heterocycles. The predicted octanol–water partition coefficient (Wildman–Crippen LogP) is 5.92. The second kappa shape index (κ2) is 6.55. The Hall–Kier alpha value is -0.770. The lowest BCUT2D eigenvalue weighted by atomic mass is 9.71. The van der Waals surface area contributed by atoms with Crippen LogP contribution in [0.25, 0.3) is 0 Å². The molecule has 116 valence electrons. The van der Waals surface area contributed by atoms with Gasteiger partial charge in [-0.2, -0.15) is 8.78 Å². The Bertz CT molecular complexity index is 444. The van der Waals surface area contributed by atoms with E-state index in [0.29, 0.717) is 28.1 Å². The highest BCUT2D eigenvalue weighted by molar-refractivity contribution is 7.99. The predicted molar refractivity (Wildman–Crippen MR) is 85.1 cm³/mol. The summed E-state index contributed by atoms with van der Waals surface area (Å²) in [7, 11) is 0. The van der Waals surface area contributed by atoms with E-state index in [2.05, 4.69) is 5.32 Å². The van der Waals surface area contributed by atoms with Gasteiger partial charge in [0.15, 0.2) is 0 Å². The Kier molecular flexibility index (Phi) is 4.72. The maximum absolute atomic E-state index is 12.3. The lowest BCUT2D eigenvalue weighted by Gasteiger charge is -2.37. The summed E-state index contributed by atoms with van der Waals surface area (Å²) < 4.78 is 24.6. The molecule has 3 rings (SSSR count). The van der Waals surface area contributed by atoms with E-state index in [9.17, 15) is 8.78 Å². The quantitative estimate of drug-likeness (QED) is 0.693. The van der Waals surface area contributed by atoms with Crippen LogP contribution in [-0.4, -0.2) is 11.8 Å². The van der Waals surface area contributed by atoms with Crippen LogP contribution in [0.5, 0.6) is 0 Å². The maximum Gasteiger partial charge on any atom is 0.288 e. The van der Waals surface area contributed by atoms with E-state index < -0.39 is 5.76 Å². The molecule has 0 saturated heterocycles. The first kappa shape index (κ1) is 15.1. The van der Waals surface area contributed by atoms with E-state index in [0.717, 1.165) is 5.69 Å². The third-order valence-electron chi connectivity index (χ3n) is 5.16. The number of alkyl halides is 2. The van der Waals surface area contributed by atoms with E-state index in [4.69, 9.17) is 0 Å². The van der Waals surface area contributed by atoms with Gasteiger partial charge in [0.1, 0.15) is 0 Å². The average molecular weight is 311 g/mol. The molecule has 1 aromatic rings. The van der Waals surface area contributed by atoms with Crippen molar-refractivity contribution in [1.82, 2.24) is 0 Å². The van der Waals surface area contributed by atoms with Gasteiger partial charge in [0.2, 0.25) is 0 Å². The van der Waals surface area contributed by atoms with Gasteiger partial charge in [-0.1, -0.05) is 24.6 Å². The number of rotatable bonds is 4. The van der Waals surface area contributed by atoms with Gasteiger partial charge in [-0.25, -0.2) is 0 Å². The molecule has 0 aliphatic heterocycles. The van der Waals surface area contributed by atoms with Gasteiger partial charge in [0.25, 0.3) is 5.76 Å². The Balaban J connectivity index is 1.51. The first-order valence-corrected chi connectivity index (χ1v) is 8.85. The summed E-state index contributed by atoms with van der Waals surface area (Å²) in [6.07, 6.45) is 10.9. The third kappa shape index (κ3) is 3.91. The molecule has 0 radical (unpaired) electrons. The molecule has 0 amide bonds. The van der Waals surface area contributed by atoms with Crippen LogP contribution in [0.3, 0.4) is 0 Å². The summed E-state index contributed by atoms with van der Waals surface area (Å²) in [5.74, 6) is -2.34. The fourth-order valence-corrected chi connectivity index (χ4v) is 4.47. The highest BCUT2D eigenvalue weighted by Crippen LogP contribution is 2.49. The van der Waals surface area contributed by atoms with Crippen molar-refractivity contribution < 1.29 is 8.78 Å².